The molecule has 0 aliphatic carbocycles. The van der Waals surface area contributed by atoms with Crippen molar-refractivity contribution in [2.45, 2.75) is 51.6 Å². The summed E-state index contributed by atoms with van der Waals surface area (Å²) < 4.78 is 4.86. The van der Waals surface area contributed by atoms with Gasteiger partial charge in [-0.2, -0.15) is 0 Å². The third-order valence-corrected chi connectivity index (χ3v) is 3.60. The van der Waals surface area contributed by atoms with Gasteiger partial charge in [-0.05, 0) is 46.2 Å². The second kappa shape index (κ2) is 6.36. The second-order valence-corrected chi connectivity index (χ2v) is 5.39. The summed E-state index contributed by atoms with van der Waals surface area (Å²) in [5.74, 6) is -0.152. The number of ether oxygens (including phenoxy) is 1. The van der Waals surface area contributed by atoms with Gasteiger partial charge in [-0.1, -0.05) is 6.92 Å². The van der Waals surface area contributed by atoms with E-state index in [0.29, 0.717) is 0 Å². The van der Waals surface area contributed by atoms with Gasteiger partial charge in [0.25, 0.3) is 0 Å². The number of hydrogen-bond acceptors (Lipinski definition) is 4. The zero-order chi connectivity index (χ0) is 12.9. The lowest BCUT2D eigenvalue weighted by Crippen LogP contribution is -2.50. The Kier molecular flexibility index (Phi) is 5.40. The van der Waals surface area contributed by atoms with Crippen LogP contribution in [0, 0.1) is 0 Å². The standard InChI is InChI=1S/C13H26N2O2/c1-5-8-14-11(12(16)17-4)10-15-9-6-7-13(15,2)3/h11,14H,5-10H2,1-4H3. The van der Waals surface area contributed by atoms with E-state index < -0.39 is 0 Å². The maximum absolute atomic E-state index is 11.7. The molecule has 1 aliphatic heterocycles. The summed E-state index contributed by atoms with van der Waals surface area (Å²) in [5, 5.41) is 3.27. The third kappa shape index (κ3) is 3.96. The van der Waals surface area contributed by atoms with Crippen molar-refractivity contribution in [3.05, 3.63) is 0 Å². The van der Waals surface area contributed by atoms with Crippen LogP contribution in [0.15, 0.2) is 0 Å². The summed E-state index contributed by atoms with van der Waals surface area (Å²) in [7, 11) is 1.46. The Morgan fingerprint density at radius 2 is 2.24 bits per heavy atom. The summed E-state index contributed by atoms with van der Waals surface area (Å²) in [6, 6.07) is -0.197. The highest BCUT2D eigenvalue weighted by molar-refractivity contribution is 5.75. The SMILES string of the molecule is CCCNC(CN1CCCC1(C)C)C(=O)OC. The molecular weight excluding hydrogens is 216 g/mol. The molecule has 0 saturated carbocycles. The van der Waals surface area contributed by atoms with Gasteiger partial charge in [0.15, 0.2) is 0 Å². The maximum Gasteiger partial charge on any atom is 0.324 e. The lowest BCUT2D eigenvalue weighted by molar-refractivity contribution is -0.143. The third-order valence-electron chi connectivity index (χ3n) is 3.60. The van der Waals surface area contributed by atoms with E-state index in [2.05, 4.69) is 31.0 Å². The summed E-state index contributed by atoms with van der Waals surface area (Å²) >= 11 is 0. The van der Waals surface area contributed by atoms with Crippen LogP contribution < -0.4 is 5.32 Å². The second-order valence-electron chi connectivity index (χ2n) is 5.39. The molecule has 0 aromatic heterocycles. The van der Waals surface area contributed by atoms with Crippen molar-refractivity contribution in [2.24, 2.45) is 0 Å². The molecule has 0 aromatic carbocycles. The normalized spacial score (nSPS) is 21.4. The Morgan fingerprint density at radius 1 is 1.53 bits per heavy atom. The molecule has 0 spiro atoms. The number of esters is 1. The van der Waals surface area contributed by atoms with Crippen LogP contribution in [0.5, 0.6) is 0 Å². The molecule has 1 unspecified atom stereocenters. The summed E-state index contributed by atoms with van der Waals surface area (Å²) in [6.07, 6.45) is 3.44. The van der Waals surface area contributed by atoms with Crippen molar-refractivity contribution in [3.63, 3.8) is 0 Å². The molecule has 1 heterocycles. The Bertz CT molecular complexity index is 254. The molecule has 0 radical (unpaired) electrons. The zero-order valence-electron chi connectivity index (χ0n) is 11.6. The Labute approximate surface area is 105 Å². The highest BCUT2D eigenvalue weighted by atomic mass is 16.5. The van der Waals surface area contributed by atoms with Crippen molar-refractivity contribution in [2.75, 3.05) is 26.7 Å². The van der Waals surface area contributed by atoms with E-state index in [0.717, 1.165) is 26.1 Å². The lowest BCUT2D eigenvalue weighted by atomic mass is 10.0. The molecule has 4 nitrogen and oxygen atoms in total. The van der Waals surface area contributed by atoms with Crippen LogP contribution in [0.3, 0.4) is 0 Å². The quantitative estimate of drug-likeness (QED) is 0.715. The minimum Gasteiger partial charge on any atom is -0.468 e. The van der Waals surface area contributed by atoms with Gasteiger partial charge in [-0.15, -0.1) is 0 Å². The van der Waals surface area contributed by atoms with E-state index in [9.17, 15) is 4.79 Å². The molecule has 0 bridgehead atoms. The Balaban J connectivity index is 2.56. The van der Waals surface area contributed by atoms with Gasteiger partial charge in [-0.25, -0.2) is 0 Å². The van der Waals surface area contributed by atoms with E-state index in [1.807, 2.05) is 0 Å². The number of rotatable bonds is 6. The lowest BCUT2D eigenvalue weighted by Gasteiger charge is -2.34. The number of hydrogen-bond donors (Lipinski definition) is 1. The van der Waals surface area contributed by atoms with E-state index in [1.165, 1.54) is 20.0 Å². The Hall–Kier alpha value is -0.610. The van der Waals surface area contributed by atoms with Crippen molar-refractivity contribution in [3.8, 4) is 0 Å². The molecule has 100 valence electrons. The van der Waals surface area contributed by atoms with Crippen molar-refractivity contribution >= 4 is 5.97 Å². The van der Waals surface area contributed by atoms with Gasteiger partial charge in [0.05, 0.1) is 7.11 Å². The zero-order valence-corrected chi connectivity index (χ0v) is 11.6. The number of likely N-dealkylation sites (tertiary alicyclic amines) is 1. The molecule has 1 rings (SSSR count). The highest BCUT2D eigenvalue weighted by Crippen LogP contribution is 2.28. The summed E-state index contributed by atoms with van der Waals surface area (Å²) in [6.45, 7) is 9.27. The van der Waals surface area contributed by atoms with Crippen molar-refractivity contribution < 1.29 is 9.53 Å². The van der Waals surface area contributed by atoms with E-state index in [4.69, 9.17) is 4.74 Å². The largest absolute Gasteiger partial charge is 0.468 e. The minimum absolute atomic E-state index is 0.152. The predicted molar refractivity (Wildman–Crippen MR) is 69.0 cm³/mol. The van der Waals surface area contributed by atoms with Gasteiger partial charge in [0, 0.05) is 12.1 Å². The Morgan fingerprint density at radius 3 is 2.71 bits per heavy atom. The molecule has 0 amide bonds. The van der Waals surface area contributed by atoms with Crippen LogP contribution in [0.2, 0.25) is 0 Å². The number of carbonyl (C=O) groups excluding carboxylic acids is 1. The van der Waals surface area contributed by atoms with E-state index >= 15 is 0 Å². The number of methoxy groups -OCH3 is 1. The maximum atomic E-state index is 11.7. The van der Waals surface area contributed by atoms with Gasteiger partial charge in [-0.3, -0.25) is 9.69 Å². The first-order valence-corrected chi connectivity index (χ1v) is 6.57. The van der Waals surface area contributed by atoms with Crippen LogP contribution >= 0.6 is 0 Å². The van der Waals surface area contributed by atoms with Crippen LogP contribution in [-0.2, 0) is 9.53 Å². The molecule has 1 aliphatic rings. The van der Waals surface area contributed by atoms with Crippen molar-refractivity contribution in [1.82, 2.24) is 10.2 Å². The topological polar surface area (TPSA) is 41.6 Å². The molecule has 17 heavy (non-hydrogen) atoms. The molecular formula is C13H26N2O2. The summed E-state index contributed by atoms with van der Waals surface area (Å²) in [5.41, 5.74) is 0.208. The van der Waals surface area contributed by atoms with E-state index in [1.54, 1.807) is 0 Å². The van der Waals surface area contributed by atoms with Crippen LogP contribution in [0.1, 0.15) is 40.0 Å². The number of nitrogens with zero attached hydrogens (tertiary/aromatic N) is 1. The van der Waals surface area contributed by atoms with Crippen LogP contribution in [0.25, 0.3) is 0 Å². The fourth-order valence-corrected chi connectivity index (χ4v) is 2.41. The molecule has 1 saturated heterocycles. The highest BCUT2D eigenvalue weighted by Gasteiger charge is 2.34. The summed E-state index contributed by atoms with van der Waals surface area (Å²) in [4.78, 5) is 14.1. The first-order chi connectivity index (χ1) is 8.01. The average Bonchev–Trinajstić information content (AvgIpc) is 2.62. The van der Waals surface area contributed by atoms with E-state index in [-0.39, 0.29) is 17.6 Å². The van der Waals surface area contributed by atoms with Gasteiger partial charge in [0.2, 0.25) is 0 Å². The molecule has 4 heteroatoms. The first-order valence-electron chi connectivity index (χ1n) is 6.57. The smallest absolute Gasteiger partial charge is 0.324 e. The van der Waals surface area contributed by atoms with Gasteiger partial charge in [0.1, 0.15) is 6.04 Å². The minimum atomic E-state index is -0.197. The molecule has 1 fully saturated rings. The molecule has 1 atom stereocenters. The fraction of sp³-hybridized carbons (Fsp3) is 0.923. The number of carbonyl (C=O) groups is 1. The molecule has 1 N–H and O–H groups in total. The van der Waals surface area contributed by atoms with Gasteiger partial charge < -0.3 is 10.1 Å². The fourth-order valence-electron chi connectivity index (χ4n) is 2.41. The average molecular weight is 242 g/mol. The van der Waals surface area contributed by atoms with Crippen LogP contribution in [0.4, 0.5) is 0 Å². The van der Waals surface area contributed by atoms with Crippen molar-refractivity contribution in [1.29, 1.82) is 0 Å². The monoisotopic (exact) mass is 242 g/mol. The first kappa shape index (κ1) is 14.5. The predicted octanol–water partition coefficient (Wildman–Crippen LogP) is 1.40. The molecule has 0 aromatic rings. The van der Waals surface area contributed by atoms with Gasteiger partial charge >= 0.3 is 5.97 Å². The van der Waals surface area contributed by atoms with Crippen LogP contribution in [-0.4, -0.2) is 49.2 Å². The number of nitrogens with one attached hydrogen (secondary N) is 1.